The second kappa shape index (κ2) is 8.32. The average molecular weight is 484 g/mol. The Morgan fingerprint density at radius 2 is 2.03 bits per heavy atom. The predicted molar refractivity (Wildman–Crippen MR) is 130 cm³/mol. The summed E-state index contributed by atoms with van der Waals surface area (Å²) in [6.07, 6.45) is 6.74. The number of nitrogens with one attached hydrogen (secondary N) is 2. The lowest BCUT2D eigenvalue weighted by atomic mass is 9.47. The van der Waals surface area contributed by atoms with E-state index in [0.717, 1.165) is 57.3 Å². The van der Waals surface area contributed by atoms with E-state index >= 15 is 0 Å². The van der Waals surface area contributed by atoms with Gasteiger partial charge in [-0.3, -0.25) is 14.5 Å². The molecule has 182 valence electrons. The van der Waals surface area contributed by atoms with Crippen LogP contribution in [0.3, 0.4) is 0 Å². The van der Waals surface area contributed by atoms with Crippen LogP contribution in [0, 0.1) is 29.1 Å². The van der Waals surface area contributed by atoms with Gasteiger partial charge in [0.1, 0.15) is 5.15 Å². The molecule has 3 heterocycles. The van der Waals surface area contributed by atoms with Crippen LogP contribution in [-0.4, -0.2) is 53.9 Å². The molecule has 4 bridgehead atoms. The molecule has 34 heavy (non-hydrogen) atoms. The van der Waals surface area contributed by atoms with E-state index in [4.69, 9.17) is 17.3 Å². The fourth-order valence-electron chi connectivity index (χ4n) is 8.02. The van der Waals surface area contributed by atoms with Gasteiger partial charge in [0.15, 0.2) is 0 Å². The lowest BCUT2D eigenvalue weighted by molar-refractivity contribution is -0.148. The van der Waals surface area contributed by atoms with Crippen molar-refractivity contribution in [2.45, 2.75) is 51.1 Å². The molecule has 0 radical (unpaired) electrons. The predicted octanol–water partition coefficient (Wildman–Crippen LogP) is 2.42. The van der Waals surface area contributed by atoms with Gasteiger partial charge in [0, 0.05) is 49.8 Å². The Morgan fingerprint density at radius 3 is 2.71 bits per heavy atom. The average Bonchev–Trinajstić information content (AvgIpc) is 3.37. The first-order valence-corrected chi connectivity index (χ1v) is 13.1. The molecule has 0 aromatic carbocycles. The number of hydrogen-bond acceptors (Lipinski definition) is 5. The van der Waals surface area contributed by atoms with Gasteiger partial charge in [-0.2, -0.15) is 0 Å². The van der Waals surface area contributed by atoms with Crippen LogP contribution >= 0.6 is 11.6 Å². The number of aromatic nitrogens is 1. The van der Waals surface area contributed by atoms with Crippen molar-refractivity contribution < 1.29 is 9.59 Å². The second-order valence-corrected chi connectivity index (χ2v) is 11.9. The van der Waals surface area contributed by atoms with Gasteiger partial charge in [-0.1, -0.05) is 24.6 Å². The largest absolute Gasteiger partial charge is 0.369 e. The summed E-state index contributed by atoms with van der Waals surface area (Å²) in [7, 11) is 0. The Bertz CT molecular complexity index is 1020. The molecule has 4 unspecified atom stereocenters. The van der Waals surface area contributed by atoms with Gasteiger partial charge in [0.05, 0.1) is 6.04 Å². The van der Waals surface area contributed by atoms with Gasteiger partial charge in [0.2, 0.25) is 11.8 Å². The summed E-state index contributed by atoms with van der Waals surface area (Å²) >= 11 is 6.03. The SMILES string of the molecule is CC(CN1CC2=C(CNC2)C1c1ccc(Cl)nc1)C(=O)NC1C2CC3CC1CC(C(N)=O)(C3)C2. The van der Waals surface area contributed by atoms with E-state index in [1.165, 1.54) is 11.1 Å². The summed E-state index contributed by atoms with van der Waals surface area (Å²) in [6.45, 7) is 5.41. The molecule has 1 aromatic rings. The van der Waals surface area contributed by atoms with Crippen LogP contribution in [-0.2, 0) is 9.59 Å². The number of nitrogens with two attached hydrogens (primary N) is 1. The summed E-state index contributed by atoms with van der Waals surface area (Å²) < 4.78 is 0. The first-order valence-electron chi connectivity index (χ1n) is 12.7. The van der Waals surface area contributed by atoms with Crippen molar-refractivity contribution in [1.29, 1.82) is 0 Å². The van der Waals surface area contributed by atoms with Crippen LogP contribution < -0.4 is 16.4 Å². The first kappa shape index (κ1) is 22.5. The van der Waals surface area contributed by atoms with Crippen LogP contribution in [0.2, 0.25) is 5.15 Å². The zero-order valence-electron chi connectivity index (χ0n) is 19.7. The Kier molecular flexibility index (Phi) is 5.50. The van der Waals surface area contributed by atoms with E-state index < -0.39 is 0 Å². The van der Waals surface area contributed by atoms with Crippen molar-refractivity contribution in [2.75, 3.05) is 26.2 Å². The van der Waals surface area contributed by atoms with Crippen LogP contribution in [0.5, 0.6) is 0 Å². The number of pyridine rings is 1. The highest BCUT2D eigenvalue weighted by Crippen LogP contribution is 2.60. The van der Waals surface area contributed by atoms with Gasteiger partial charge in [-0.15, -0.1) is 0 Å². The first-order chi connectivity index (χ1) is 16.3. The maximum atomic E-state index is 13.4. The minimum Gasteiger partial charge on any atom is -0.369 e. The minimum atomic E-state index is -0.320. The molecule has 0 spiro atoms. The molecule has 7 nitrogen and oxygen atoms in total. The molecule has 1 aromatic heterocycles. The fraction of sp³-hybridized carbons (Fsp3) is 0.654. The molecule has 2 amide bonds. The van der Waals surface area contributed by atoms with Gasteiger partial charge in [-0.25, -0.2) is 4.98 Å². The van der Waals surface area contributed by atoms with Gasteiger partial charge in [0.25, 0.3) is 0 Å². The van der Waals surface area contributed by atoms with E-state index in [0.29, 0.717) is 29.5 Å². The highest BCUT2D eigenvalue weighted by atomic mass is 35.5. The van der Waals surface area contributed by atoms with E-state index in [1.54, 1.807) is 0 Å². The normalized spacial score (nSPS) is 37.2. The Hall–Kier alpha value is -1.96. The number of halogens is 1. The fourth-order valence-corrected chi connectivity index (χ4v) is 8.14. The van der Waals surface area contributed by atoms with E-state index in [2.05, 4.69) is 26.6 Å². The number of nitrogens with zero attached hydrogens (tertiary/aromatic N) is 2. The summed E-state index contributed by atoms with van der Waals surface area (Å²) in [4.78, 5) is 32.4. The van der Waals surface area contributed by atoms with Crippen molar-refractivity contribution in [1.82, 2.24) is 20.5 Å². The number of hydrogen-bond donors (Lipinski definition) is 3. The second-order valence-electron chi connectivity index (χ2n) is 11.5. The topological polar surface area (TPSA) is 100 Å². The van der Waals surface area contributed by atoms with Crippen molar-refractivity contribution in [2.24, 2.45) is 34.8 Å². The van der Waals surface area contributed by atoms with Gasteiger partial charge < -0.3 is 16.4 Å². The zero-order chi connectivity index (χ0) is 23.6. The molecule has 2 aliphatic heterocycles. The highest BCUT2D eigenvalue weighted by molar-refractivity contribution is 6.29. The summed E-state index contributed by atoms with van der Waals surface area (Å²) in [5.74, 6) is 1.23. The number of amides is 2. The maximum Gasteiger partial charge on any atom is 0.224 e. The lowest BCUT2D eigenvalue weighted by Gasteiger charge is -2.59. The van der Waals surface area contributed by atoms with Crippen LogP contribution in [0.25, 0.3) is 0 Å². The Morgan fingerprint density at radius 1 is 1.26 bits per heavy atom. The molecule has 4 fully saturated rings. The highest BCUT2D eigenvalue weighted by Gasteiger charge is 2.58. The summed E-state index contributed by atoms with van der Waals surface area (Å²) in [5, 5.41) is 7.39. The number of carbonyl (C=O) groups excluding carboxylic acids is 2. The number of carbonyl (C=O) groups is 2. The smallest absolute Gasteiger partial charge is 0.224 e. The van der Waals surface area contributed by atoms with Crippen molar-refractivity contribution in [3.8, 4) is 0 Å². The van der Waals surface area contributed by atoms with Crippen molar-refractivity contribution in [3.05, 3.63) is 40.2 Å². The van der Waals surface area contributed by atoms with Crippen molar-refractivity contribution in [3.63, 3.8) is 0 Å². The molecule has 4 aliphatic carbocycles. The van der Waals surface area contributed by atoms with E-state index in [1.807, 2.05) is 19.2 Å². The lowest BCUT2D eigenvalue weighted by Crippen LogP contribution is -2.62. The third-order valence-electron chi connectivity index (χ3n) is 9.32. The zero-order valence-corrected chi connectivity index (χ0v) is 20.5. The maximum absolute atomic E-state index is 13.4. The molecule has 4 N–H and O–H groups in total. The number of primary amides is 1. The number of rotatable bonds is 6. The van der Waals surface area contributed by atoms with Gasteiger partial charge in [-0.05, 0) is 72.6 Å². The van der Waals surface area contributed by atoms with Crippen LogP contribution in [0.4, 0.5) is 0 Å². The summed E-state index contributed by atoms with van der Waals surface area (Å²) in [5.41, 5.74) is 9.49. The molecule has 4 saturated carbocycles. The standard InChI is InChI=1S/C26H34ClN5O2/c1-14(12-32-13-19-9-29-11-20(19)23(32)16-2-3-21(27)30-10-16)24(33)31-22-17-4-15-5-18(22)8-26(6-15,7-17)25(28)34/h2-3,10,14-15,17-18,22-23,29H,4-9,11-13H2,1H3,(H2,28,34)(H,31,33). The molecule has 8 heteroatoms. The van der Waals surface area contributed by atoms with Crippen LogP contribution in [0.15, 0.2) is 29.5 Å². The molecule has 7 rings (SSSR count). The minimum absolute atomic E-state index is 0.127. The monoisotopic (exact) mass is 483 g/mol. The Labute approximate surface area is 205 Å². The molecule has 6 aliphatic rings. The molecular weight excluding hydrogens is 450 g/mol. The molecule has 0 saturated heterocycles. The Balaban J connectivity index is 1.14. The molecular formula is C26H34ClN5O2. The quantitative estimate of drug-likeness (QED) is 0.426. The van der Waals surface area contributed by atoms with E-state index in [-0.39, 0.29) is 35.2 Å². The molecule has 4 atom stereocenters. The van der Waals surface area contributed by atoms with E-state index in [9.17, 15) is 9.59 Å². The van der Waals surface area contributed by atoms with Gasteiger partial charge >= 0.3 is 0 Å². The van der Waals surface area contributed by atoms with Crippen LogP contribution in [0.1, 0.15) is 50.6 Å². The third kappa shape index (κ3) is 3.67. The summed E-state index contributed by atoms with van der Waals surface area (Å²) in [6, 6.07) is 4.22. The third-order valence-corrected chi connectivity index (χ3v) is 9.55. The van der Waals surface area contributed by atoms with Crippen molar-refractivity contribution >= 4 is 23.4 Å².